The summed E-state index contributed by atoms with van der Waals surface area (Å²) in [7, 11) is -4.91. The van der Waals surface area contributed by atoms with Gasteiger partial charge in [-0.15, -0.1) is 11.3 Å². The van der Waals surface area contributed by atoms with E-state index >= 15 is 0 Å². The number of β-lactam (4-membered cyclic amide) rings is 1. The number of aromatic nitrogens is 4. The molecule has 32 heavy (non-hydrogen) atoms. The fraction of sp³-hybridized carbons (Fsp3) is 0.357. The van der Waals surface area contributed by atoms with Crippen LogP contribution in [0.5, 0.6) is 0 Å². The lowest BCUT2D eigenvalue weighted by Gasteiger charge is -2.43. The van der Waals surface area contributed by atoms with Crippen molar-refractivity contribution in [2.24, 2.45) is 5.16 Å². The quantitative estimate of drug-likeness (QED) is 0.126. The number of aliphatic carboxylic acids is 1. The number of nitrogens with one attached hydrogen (secondary N) is 1. The number of nitrogen functional groups attached to an aromatic ring is 1. The van der Waals surface area contributed by atoms with Gasteiger partial charge in [-0.25, -0.2) is 19.1 Å². The van der Waals surface area contributed by atoms with Gasteiger partial charge < -0.3 is 21.0 Å². The number of oxime groups is 1. The molecule has 0 aromatic carbocycles. The molecule has 1 aliphatic rings. The Morgan fingerprint density at radius 1 is 1.47 bits per heavy atom. The summed E-state index contributed by atoms with van der Waals surface area (Å²) in [4.78, 5) is 48.5. The monoisotopic (exact) mass is 488 g/mol. The van der Waals surface area contributed by atoms with E-state index in [9.17, 15) is 27.4 Å². The van der Waals surface area contributed by atoms with Gasteiger partial charge in [0.1, 0.15) is 24.4 Å². The number of carboxylic acid groups (broad SMARTS) is 1. The molecule has 2 aromatic heterocycles. The van der Waals surface area contributed by atoms with Crippen molar-refractivity contribution in [3.05, 3.63) is 23.7 Å². The van der Waals surface area contributed by atoms with E-state index in [1.807, 2.05) is 0 Å². The number of thiazole rings is 1. The maximum absolute atomic E-state index is 12.8. The first-order valence-electron chi connectivity index (χ1n) is 8.61. The molecule has 3 atom stereocenters. The second-order valence-electron chi connectivity index (χ2n) is 6.34. The number of hydrogen-bond acceptors (Lipinski definition) is 12. The number of carbonyl (C=O) groups is 3. The van der Waals surface area contributed by atoms with Crippen LogP contribution < -0.4 is 11.1 Å². The lowest BCUT2D eigenvalue weighted by Crippen LogP contribution is -2.73. The van der Waals surface area contributed by atoms with Crippen LogP contribution in [0.1, 0.15) is 12.6 Å². The summed E-state index contributed by atoms with van der Waals surface area (Å²) in [5.74, 6) is -3.48. The van der Waals surface area contributed by atoms with E-state index in [1.54, 1.807) is 0 Å². The third-order valence-electron chi connectivity index (χ3n) is 4.17. The molecular formula is C14H16N8O8S2. The molecule has 0 spiro atoms. The maximum Gasteiger partial charge on any atom is 0.362 e. The minimum absolute atomic E-state index is 0.0613. The Balaban J connectivity index is 1.85. The molecule has 1 fully saturated rings. The van der Waals surface area contributed by atoms with Crippen molar-refractivity contribution in [1.29, 1.82) is 0 Å². The zero-order valence-electron chi connectivity index (χ0n) is 16.1. The SMILES string of the molecule is C[C@@H](O/N=C(\C(=O)N[C@@H]1C(=O)N(S(=O)(=O)O)[C@@H]1Cn1cncn1)c1csc(N)n1)C(=O)O. The molecule has 0 aliphatic carbocycles. The normalized spacial score (nSPS) is 19.9. The summed E-state index contributed by atoms with van der Waals surface area (Å²) in [6.07, 6.45) is 1.01. The van der Waals surface area contributed by atoms with Crippen molar-refractivity contribution in [3.8, 4) is 0 Å². The van der Waals surface area contributed by atoms with Crippen LogP contribution in [0, 0.1) is 0 Å². The van der Waals surface area contributed by atoms with E-state index in [1.165, 1.54) is 29.6 Å². The summed E-state index contributed by atoms with van der Waals surface area (Å²) in [5.41, 5.74) is 5.00. The van der Waals surface area contributed by atoms with Crippen LogP contribution in [-0.4, -0.2) is 83.8 Å². The first-order valence-corrected chi connectivity index (χ1v) is 10.9. The number of nitrogens with two attached hydrogens (primary N) is 1. The molecule has 3 heterocycles. The fourth-order valence-corrected chi connectivity index (χ4v) is 4.07. The van der Waals surface area contributed by atoms with Gasteiger partial charge in [0.25, 0.3) is 11.8 Å². The smallest absolute Gasteiger partial charge is 0.362 e. The summed E-state index contributed by atoms with van der Waals surface area (Å²) in [6.45, 7) is 0.948. The molecule has 0 saturated carbocycles. The number of carbonyl (C=O) groups excluding carboxylic acids is 2. The van der Waals surface area contributed by atoms with Gasteiger partial charge in [-0.2, -0.15) is 13.5 Å². The first-order chi connectivity index (χ1) is 15.0. The minimum atomic E-state index is -4.91. The molecule has 16 nitrogen and oxygen atoms in total. The van der Waals surface area contributed by atoms with E-state index in [2.05, 4.69) is 25.5 Å². The summed E-state index contributed by atoms with van der Waals surface area (Å²) < 4.78 is 33.9. The molecule has 3 rings (SSSR count). The third kappa shape index (κ3) is 4.81. The molecule has 1 saturated heterocycles. The van der Waals surface area contributed by atoms with Gasteiger partial charge in [0, 0.05) is 5.38 Å². The van der Waals surface area contributed by atoms with E-state index < -0.39 is 52.0 Å². The van der Waals surface area contributed by atoms with Crippen LogP contribution in [0.15, 0.2) is 23.2 Å². The zero-order chi connectivity index (χ0) is 23.6. The van der Waals surface area contributed by atoms with Crippen LogP contribution in [0.4, 0.5) is 5.13 Å². The van der Waals surface area contributed by atoms with Gasteiger partial charge in [0.15, 0.2) is 10.8 Å². The number of anilines is 1. The topological polar surface area (TPSA) is 232 Å². The van der Waals surface area contributed by atoms with Crippen LogP contribution >= 0.6 is 11.3 Å². The predicted octanol–water partition coefficient (Wildman–Crippen LogP) is -2.29. The van der Waals surface area contributed by atoms with Crippen molar-refractivity contribution in [3.63, 3.8) is 0 Å². The van der Waals surface area contributed by atoms with Gasteiger partial charge in [-0.3, -0.25) is 18.8 Å². The number of amides is 2. The maximum atomic E-state index is 12.8. The van der Waals surface area contributed by atoms with Gasteiger partial charge in [-0.05, 0) is 6.92 Å². The highest BCUT2D eigenvalue weighted by Gasteiger charge is 2.54. The van der Waals surface area contributed by atoms with Crippen molar-refractivity contribution < 1.29 is 37.3 Å². The van der Waals surface area contributed by atoms with Crippen molar-refractivity contribution in [2.45, 2.75) is 31.7 Å². The third-order valence-corrected chi connectivity index (χ3v) is 5.80. The second-order valence-corrected chi connectivity index (χ2v) is 8.52. The highest BCUT2D eigenvalue weighted by atomic mass is 32.2. The lowest BCUT2D eigenvalue weighted by molar-refractivity contribution is -0.149. The molecular weight excluding hydrogens is 472 g/mol. The number of nitrogens with zero attached hydrogens (tertiary/aromatic N) is 6. The Hall–Kier alpha value is -3.64. The average molecular weight is 488 g/mol. The molecule has 2 amide bonds. The van der Waals surface area contributed by atoms with Crippen LogP contribution in [0.25, 0.3) is 0 Å². The van der Waals surface area contributed by atoms with Gasteiger partial charge in [0.05, 0.1) is 12.6 Å². The average Bonchev–Trinajstić information content (AvgIpc) is 3.36. The minimum Gasteiger partial charge on any atom is -0.478 e. The second kappa shape index (κ2) is 8.85. The van der Waals surface area contributed by atoms with Crippen LogP contribution in [0.3, 0.4) is 0 Å². The van der Waals surface area contributed by atoms with E-state index in [-0.39, 0.29) is 21.7 Å². The Morgan fingerprint density at radius 3 is 2.72 bits per heavy atom. The van der Waals surface area contributed by atoms with Gasteiger partial charge in [0.2, 0.25) is 6.10 Å². The zero-order valence-corrected chi connectivity index (χ0v) is 17.7. The highest BCUT2D eigenvalue weighted by Crippen LogP contribution is 2.25. The van der Waals surface area contributed by atoms with Crippen LogP contribution in [-0.2, 0) is 36.1 Å². The van der Waals surface area contributed by atoms with Crippen molar-refractivity contribution in [2.75, 3.05) is 5.73 Å². The molecule has 0 radical (unpaired) electrons. The molecule has 1 aliphatic heterocycles. The Bertz CT molecular complexity index is 1160. The van der Waals surface area contributed by atoms with E-state index in [4.69, 9.17) is 15.7 Å². The van der Waals surface area contributed by atoms with Gasteiger partial charge in [-0.1, -0.05) is 5.16 Å². The van der Waals surface area contributed by atoms with Crippen molar-refractivity contribution >= 4 is 50.3 Å². The lowest BCUT2D eigenvalue weighted by atomic mass is 9.98. The van der Waals surface area contributed by atoms with E-state index in [0.29, 0.717) is 0 Å². The van der Waals surface area contributed by atoms with Gasteiger partial charge >= 0.3 is 16.3 Å². The van der Waals surface area contributed by atoms with Crippen molar-refractivity contribution in [1.82, 2.24) is 29.4 Å². The Labute approximate surface area is 183 Å². The predicted molar refractivity (Wildman–Crippen MR) is 105 cm³/mol. The molecule has 0 bridgehead atoms. The highest BCUT2D eigenvalue weighted by molar-refractivity contribution is 7.84. The summed E-state index contributed by atoms with van der Waals surface area (Å²) in [6, 6.07) is -2.63. The largest absolute Gasteiger partial charge is 0.478 e. The summed E-state index contributed by atoms with van der Waals surface area (Å²) >= 11 is 0.965. The number of hydrogen-bond donors (Lipinski definition) is 4. The Kier molecular flexibility index (Phi) is 6.37. The Morgan fingerprint density at radius 2 is 2.19 bits per heavy atom. The molecule has 2 aromatic rings. The van der Waals surface area contributed by atoms with E-state index in [0.717, 1.165) is 11.3 Å². The number of carboxylic acids is 1. The molecule has 0 unspecified atom stereocenters. The fourth-order valence-electron chi connectivity index (χ4n) is 2.65. The molecule has 172 valence electrons. The molecule has 5 N–H and O–H groups in total. The summed E-state index contributed by atoms with van der Waals surface area (Å²) in [5, 5.41) is 20.0. The number of rotatable bonds is 9. The standard InChI is InChI=1S/C14H16N8O8S2/c1-6(13(25)26)30-20-9(7-3-31-14(15)18-7)11(23)19-10-8(2-21-5-16-4-17-21)22(12(10)24)32(27,28)29/h3-6,8,10H,2H2,1H3,(H2,15,18)(H,19,23)(H,25,26)(H,27,28,29)/b20-9-/t6-,8-,10+/m1/s1. The first kappa shape index (κ1) is 23.0. The molecule has 18 heteroatoms. The van der Waals surface area contributed by atoms with Crippen LogP contribution in [0.2, 0.25) is 0 Å².